The third-order valence-corrected chi connectivity index (χ3v) is 3.66. The minimum absolute atomic E-state index is 0.0841. The Hall–Kier alpha value is -2.87. The molecule has 0 bridgehead atoms. The Labute approximate surface area is 129 Å². The molecule has 0 spiro atoms. The first-order valence-electron chi connectivity index (χ1n) is 7.16. The molecule has 1 fully saturated rings. The zero-order chi connectivity index (χ0) is 15.4. The van der Waals surface area contributed by atoms with Crippen LogP contribution in [0.2, 0.25) is 0 Å². The minimum atomic E-state index is -0.170. The number of hydrogen-bond donors (Lipinski definition) is 1. The highest BCUT2D eigenvalue weighted by Gasteiger charge is 2.22. The highest BCUT2D eigenvalue weighted by molar-refractivity contribution is 5.92. The van der Waals surface area contributed by atoms with Gasteiger partial charge in [0.15, 0.2) is 0 Å². The van der Waals surface area contributed by atoms with Crippen molar-refractivity contribution in [2.24, 2.45) is 0 Å². The summed E-state index contributed by atoms with van der Waals surface area (Å²) in [6, 6.07) is 11.9. The van der Waals surface area contributed by atoms with Gasteiger partial charge in [0, 0.05) is 43.1 Å². The van der Waals surface area contributed by atoms with Gasteiger partial charge in [-0.05, 0) is 30.7 Å². The average molecular weight is 292 g/mol. The first-order valence-corrected chi connectivity index (χ1v) is 7.16. The molecule has 2 aromatic rings. The van der Waals surface area contributed by atoms with E-state index in [-0.39, 0.29) is 11.9 Å². The van der Waals surface area contributed by atoms with Crippen LogP contribution in [0, 0.1) is 12.5 Å². The van der Waals surface area contributed by atoms with Crippen molar-refractivity contribution < 1.29 is 4.79 Å². The number of rotatable bonds is 3. The van der Waals surface area contributed by atoms with Crippen molar-refractivity contribution in [1.29, 1.82) is 0 Å². The maximum Gasteiger partial charge on any atom is 0.270 e. The third-order valence-electron chi connectivity index (χ3n) is 3.66. The standard InChI is InChI=1S/C17H16N4O/c1-2-21-10-8-14(12-21)20-17(22)16-7-6-13(11-19-16)15-5-3-4-9-18-15/h1,3-7,9,11,14H,8,10,12H2,(H,20,22)/t14-/m1/s1. The molecule has 3 heterocycles. The maximum atomic E-state index is 12.2. The van der Waals surface area contributed by atoms with Crippen molar-refractivity contribution in [2.45, 2.75) is 12.5 Å². The van der Waals surface area contributed by atoms with Gasteiger partial charge in [0.25, 0.3) is 5.91 Å². The molecule has 0 aliphatic carbocycles. The van der Waals surface area contributed by atoms with Crippen molar-refractivity contribution in [3.63, 3.8) is 0 Å². The van der Waals surface area contributed by atoms with Gasteiger partial charge in [0.1, 0.15) is 5.69 Å². The van der Waals surface area contributed by atoms with Crippen LogP contribution in [-0.4, -0.2) is 39.9 Å². The summed E-state index contributed by atoms with van der Waals surface area (Å²) in [6.07, 6.45) is 9.61. The second-order valence-corrected chi connectivity index (χ2v) is 5.18. The molecule has 110 valence electrons. The lowest BCUT2D eigenvalue weighted by Gasteiger charge is -2.12. The molecular formula is C17H16N4O. The number of carbonyl (C=O) groups is 1. The summed E-state index contributed by atoms with van der Waals surface area (Å²) >= 11 is 0. The summed E-state index contributed by atoms with van der Waals surface area (Å²) in [5, 5.41) is 2.96. The topological polar surface area (TPSA) is 58.1 Å². The zero-order valence-electron chi connectivity index (χ0n) is 12.1. The lowest BCUT2D eigenvalue weighted by atomic mass is 10.1. The second-order valence-electron chi connectivity index (χ2n) is 5.18. The van der Waals surface area contributed by atoms with Crippen LogP contribution < -0.4 is 5.32 Å². The molecule has 1 aliphatic rings. The predicted octanol–water partition coefficient (Wildman–Crippen LogP) is 1.54. The molecule has 2 aromatic heterocycles. The molecule has 1 saturated heterocycles. The summed E-state index contributed by atoms with van der Waals surface area (Å²) in [5.41, 5.74) is 2.12. The van der Waals surface area contributed by atoms with Gasteiger partial charge in [-0.1, -0.05) is 12.5 Å². The Kier molecular flexibility index (Phi) is 4.01. The van der Waals surface area contributed by atoms with Crippen LogP contribution in [0.25, 0.3) is 11.3 Å². The molecule has 1 amide bonds. The molecule has 1 aliphatic heterocycles. The van der Waals surface area contributed by atoms with Gasteiger partial charge in [-0.15, -0.1) is 0 Å². The van der Waals surface area contributed by atoms with E-state index in [1.807, 2.05) is 29.2 Å². The molecule has 22 heavy (non-hydrogen) atoms. The Bertz CT molecular complexity index is 691. The quantitative estimate of drug-likeness (QED) is 0.872. The highest BCUT2D eigenvalue weighted by Crippen LogP contribution is 2.15. The van der Waals surface area contributed by atoms with E-state index in [2.05, 4.69) is 21.3 Å². The van der Waals surface area contributed by atoms with Crippen LogP contribution in [0.1, 0.15) is 16.9 Å². The third kappa shape index (κ3) is 3.07. The van der Waals surface area contributed by atoms with Crippen LogP contribution in [0.15, 0.2) is 42.7 Å². The van der Waals surface area contributed by atoms with Gasteiger partial charge >= 0.3 is 0 Å². The Balaban J connectivity index is 1.66. The molecule has 0 unspecified atom stereocenters. The normalized spacial score (nSPS) is 17.0. The summed E-state index contributed by atoms with van der Waals surface area (Å²) in [4.78, 5) is 22.5. The number of carbonyl (C=O) groups excluding carboxylic acids is 1. The number of amides is 1. The van der Waals surface area contributed by atoms with E-state index in [4.69, 9.17) is 6.42 Å². The van der Waals surface area contributed by atoms with Crippen molar-refractivity contribution in [2.75, 3.05) is 13.1 Å². The van der Waals surface area contributed by atoms with Crippen LogP contribution in [0.4, 0.5) is 0 Å². The SMILES string of the molecule is C#CN1CC[C@@H](NC(=O)c2ccc(-c3ccccn3)cn2)C1. The van der Waals surface area contributed by atoms with Gasteiger partial charge in [-0.2, -0.15) is 0 Å². The number of pyridine rings is 2. The van der Waals surface area contributed by atoms with Crippen molar-refractivity contribution in [1.82, 2.24) is 20.2 Å². The lowest BCUT2D eigenvalue weighted by Crippen LogP contribution is -2.36. The van der Waals surface area contributed by atoms with Gasteiger partial charge in [0.2, 0.25) is 0 Å². The molecule has 5 nitrogen and oxygen atoms in total. The summed E-state index contributed by atoms with van der Waals surface area (Å²) in [5.74, 6) is -0.170. The number of nitrogens with zero attached hydrogens (tertiary/aromatic N) is 3. The molecule has 0 saturated carbocycles. The Morgan fingerprint density at radius 3 is 2.86 bits per heavy atom. The number of nitrogens with one attached hydrogen (secondary N) is 1. The van der Waals surface area contributed by atoms with E-state index < -0.39 is 0 Å². The number of aromatic nitrogens is 2. The molecule has 0 aromatic carbocycles. The van der Waals surface area contributed by atoms with Gasteiger partial charge < -0.3 is 10.2 Å². The fourth-order valence-corrected chi connectivity index (χ4v) is 2.47. The Morgan fingerprint density at radius 1 is 1.32 bits per heavy atom. The van der Waals surface area contributed by atoms with Crippen LogP contribution in [0.5, 0.6) is 0 Å². The first-order chi connectivity index (χ1) is 10.8. The van der Waals surface area contributed by atoms with Crippen LogP contribution in [0.3, 0.4) is 0 Å². The van der Waals surface area contributed by atoms with Crippen LogP contribution in [-0.2, 0) is 0 Å². The van der Waals surface area contributed by atoms with Crippen molar-refractivity contribution in [3.8, 4) is 23.7 Å². The predicted molar refractivity (Wildman–Crippen MR) is 83.7 cm³/mol. The monoisotopic (exact) mass is 292 g/mol. The fraction of sp³-hybridized carbons (Fsp3) is 0.235. The molecule has 5 heteroatoms. The van der Waals surface area contributed by atoms with Gasteiger partial charge in [0.05, 0.1) is 5.69 Å². The molecule has 1 N–H and O–H groups in total. The zero-order valence-corrected chi connectivity index (χ0v) is 12.1. The summed E-state index contributed by atoms with van der Waals surface area (Å²) in [6.45, 7) is 1.50. The average Bonchev–Trinajstić information content (AvgIpc) is 3.03. The largest absolute Gasteiger partial charge is 0.346 e. The molecule has 1 atom stereocenters. The number of likely N-dealkylation sites (tertiary alicyclic amines) is 1. The van der Waals surface area contributed by atoms with E-state index in [0.29, 0.717) is 12.2 Å². The lowest BCUT2D eigenvalue weighted by molar-refractivity contribution is 0.0934. The van der Waals surface area contributed by atoms with E-state index in [1.165, 1.54) is 0 Å². The van der Waals surface area contributed by atoms with E-state index in [0.717, 1.165) is 24.2 Å². The van der Waals surface area contributed by atoms with E-state index in [9.17, 15) is 4.79 Å². The molecule has 0 radical (unpaired) electrons. The highest BCUT2D eigenvalue weighted by atomic mass is 16.1. The smallest absolute Gasteiger partial charge is 0.270 e. The van der Waals surface area contributed by atoms with Crippen LogP contribution >= 0.6 is 0 Å². The summed E-state index contributed by atoms with van der Waals surface area (Å²) < 4.78 is 0. The van der Waals surface area contributed by atoms with Gasteiger partial charge in [-0.25, -0.2) is 0 Å². The maximum absolute atomic E-state index is 12.2. The van der Waals surface area contributed by atoms with E-state index >= 15 is 0 Å². The summed E-state index contributed by atoms with van der Waals surface area (Å²) in [7, 11) is 0. The number of terminal acetylenes is 1. The molecular weight excluding hydrogens is 276 g/mol. The molecule has 3 rings (SSSR count). The second kappa shape index (κ2) is 6.27. The van der Waals surface area contributed by atoms with E-state index in [1.54, 1.807) is 18.5 Å². The van der Waals surface area contributed by atoms with Crippen molar-refractivity contribution >= 4 is 5.91 Å². The number of hydrogen-bond acceptors (Lipinski definition) is 4. The van der Waals surface area contributed by atoms with Crippen molar-refractivity contribution in [3.05, 3.63) is 48.4 Å². The first kappa shape index (κ1) is 14.1. The Morgan fingerprint density at radius 2 is 2.23 bits per heavy atom. The minimum Gasteiger partial charge on any atom is -0.346 e. The van der Waals surface area contributed by atoms with Gasteiger partial charge in [-0.3, -0.25) is 14.8 Å². The fourth-order valence-electron chi connectivity index (χ4n) is 2.47.